The molecular weight excluding hydrogens is 372 g/mol. The van der Waals surface area contributed by atoms with Crippen molar-refractivity contribution in [1.29, 1.82) is 0 Å². The number of fused-ring (bicyclic) bond motifs is 3. The van der Waals surface area contributed by atoms with Crippen molar-refractivity contribution < 1.29 is 4.79 Å². The molecule has 3 aromatic rings. The molecule has 5 heteroatoms. The summed E-state index contributed by atoms with van der Waals surface area (Å²) in [5.74, 6) is -0.0491. The van der Waals surface area contributed by atoms with Gasteiger partial charge >= 0.3 is 0 Å². The lowest BCUT2D eigenvalue weighted by molar-refractivity contribution is 0.102. The highest BCUT2D eigenvalue weighted by Crippen LogP contribution is 2.30. The second-order valence-corrected chi connectivity index (χ2v) is 8.47. The van der Waals surface area contributed by atoms with Gasteiger partial charge in [0, 0.05) is 59.7 Å². The molecule has 1 aliphatic heterocycles. The summed E-state index contributed by atoms with van der Waals surface area (Å²) in [6, 6.07) is 14.3. The van der Waals surface area contributed by atoms with E-state index in [1.165, 1.54) is 35.2 Å². The minimum absolute atomic E-state index is 0.0491. The van der Waals surface area contributed by atoms with Crippen molar-refractivity contribution in [2.75, 3.05) is 42.9 Å². The fraction of sp³-hybridized carbons (Fsp3) is 0.400. The SMILES string of the molecule is CCN1CCN(c2ccc(NC(=O)c3ccc4[nH]c5c(c4c3)CCCC5)cc2)CC1. The number of nitrogens with zero attached hydrogens (tertiary/aromatic N) is 2. The predicted molar refractivity (Wildman–Crippen MR) is 124 cm³/mol. The van der Waals surface area contributed by atoms with Crippen molar-refractivity contribution in [2.45, 2.75) is 32.6 Å². The summed E-state index contributed by atoms with van der Waals surface area (Å²) in [4.78, 5) is 21.3. The molecule has 1 fully saturated rings. The first-order valence-electron chi connectivity index (χ1n) is 11.2. The minimum atomic E-state index is -0.0491. The number of likely N-dealkylation sites (N-methyl/N-ethyl adjacent to an activating group) is 1. The Morgan fingerprint density at radius 3 is 2.53 bits per heavy atom. The van der Waals surface area contributed by atoms with Crippen molar-refractivity contribution in [3.05, 3.63) is 59.3 Å². The van der Waals surface area contributed by atoms with Crippen LogP contribution in [0.5, 0.6) is 0 Å². The van der Waals surface area contributed by atoms with Crippen LogP contribution in [0.25, 0.3) is 10.9 Å². The quantitative estimate of drug-likeness (QED) is 0.678. The van der Waals surface area contributed by atoms with Crippen LogP contribution in [0.1, 0.15) is 41.4 Å². The van der Waals surface area contributed by atoms with Gasteiger partial charge in [0.25, 0.3) is 5.91 Å². The van der Waals surface area contributed by atoms with Crippen LogP contribution in [0, 0.1) is 0 Å². The number of carbonyl (C=O) groups is 1. The zero-order chi connectivity index (χ0) is 20.5. The number of hydrogen-bond donors (Lipinski definition) is 2. The lowest BCUT2D eigenvalue weighted by atomic mass is 9.95. The van der Waals surface area contributed by atoms with Crippen LogP contribution in [0.3, 0.4) is 0 Å². The van der Waals surface area contributed by atoms with Crippen LogP contribution in [-0.4, -0.2) is 48.5 Å². The highest BCUT2D eigenvalue weighted by atomic mass is 16.1. The van der Waals surface area contributed by atoms with Crippen LogP contribution in [0.2, 0.25) is 0 Å². The van der Waals surface area contributed by atoms with Crippen LogP contribution < -0.4 is 10.2 Å². The number of aryl methyl sites for hydroxylation is 2. The van der Waals surface area contributed by atoms with E-state index in [1.807, 2.05) is 30.3 Å². The summed E-state index contributed by atoms with van der Waals surface area (Å²) >= 11 is 0. The number of rotatable bonds is 4. The first-order valence-corrected chi connectivity index (χ1v) is 11.2. The van der Waals surface area contributed by atoms with Gasteiger partial charge in [-0.15, -0.1) is 0 Å². The van der Waals surface area contributed by atoms with Gasteiger partial charge in [-0.05, 0) is 80.3 Å². The molecular formula is C25H30N4O. The number of aromatic nitrogens is 1. The molecule has 5 rings (SSSR count). The Morgan fingerprint density at radius 1 is 1.00 bits per heavy atom. The molecule has 1 aliphatic carbocycles. The molecule has 0 atom stereocenters. The van der Waals surface area contributed by atoms with E-state index < -0.39 is 0 Å². The Kier molecular flexibility index (Phi) is 5.21. The molecule has 0 saturated carbocycles. The second kappa shape index (κ2) is 8.15. The standard InChI is InChI=1S/C25H30N4O/c1-2-28-13-15-29(16-14-28)20-10-8-19(9-11-20)26-25(30)18-7-12-24-22(17-18)21-5-3-4-6-23(21)27-24/h7-12,17,27H,2-6,13-16H2,1H3,(H,26,30). The molecule has 30 heavy (non-hydrogen) atoms. The molecule has 2 N–H and O–H groups in total. The fourth-order valence-corrected chi connectivity index (χ4v) is 4.83. The van der Waals surface area contributed by atoms with Gasteiger partial charge in [-0.1, -0.05) is 6.92 Å². The third kappa shape index (κ3) is 3.70. The third-order valence-electron chi connectivity index (χ3n) is 6.67. The Balaban J connectivity index is 1.28. The first kappa shape index (κ1) is 19.2. The summed E-state index contributed by atoms with van der Waals surface area (Å²) < 4.78 is 0. The molecule has 1 saturated heterocycles. The third-order valence-corrected chi connectivity index (χ3v) is 6.67. The fourth-order valence-electron chi connectivity index (χ4n) is 4.83. The number of amides is 1. The molecule has 0 bridgehead atoms. The summed E-state index contributed by atoms with van der Waals surface area (Å²) in [6.45, 7) is 7.67. The Bertz CT molecular complexity index is 1040. The maximum absolute atomic E-state index is 12.9. The van der Waals surface area contributed by atoms with E-state index in [1.54, 1.807) is 0 Å². The van der Waals surface area contributed by atoms with E-state index in [2.05, 4.69) is 39.2 Å². The lowest BCUT2D eigenvalue weighted by Gasteiger charge is -2.35. The summed E-state index contributed by atoms with van der Waals surface area (Å²) in [6.07, 6.45) is 4.70. The summed E-state index contributed by atoms with van der Waals surface area (Å²) in [5, 5.41) is 4.27. The zero-order valence-corrected chi connectivity index (χ0v) is 17.7. The van der Waals surface area contributed by atoms with E-state index in [-0.39, 0.29) is 5.91 Å². The first-order chi connectivity index (χ1) is 14.7. The Morgan fingerprint density at radius 2 is 1.77 bits per heavy atom. The lowest BCUT2D eigenvalue weighted by Crippen LogP contribution is -2.46. The van der Waals surface area contributed by atoms with E-state index in [0.29, 0.717) is 0 Å². The van der Waals surface area contributed by atoms with Gasteiger partial charge in [0.15, 0.2) is 0 Å². The summed E-state index contributed by atoms with van der Waals surface area (Å²) in [5.41, 5.74) is 6.68. The van der Waals surface area contributed by atoms with Crippen LogP contribution in [0.15, 0.2) is 42.5 Å². The number of anilines is 2. The predicted octanol–water partition coefficient (Wildman–Crippen LogP) is 4.44. The molecule has 0 radical (unpaired) electrons. The molecule has 2 aromatic carbocycles. The number of H-pyrrole nitrogens is 1. The highest BCUT2D eigenvalue weighted by molar-refractivity contribution is 6.06. The molecule has 1 aromatic heterocycles. The number of hydrogen-bond acceptors (Lipinski definition) is 3. The van der Waals surface area contributed by atoms with Crippen LogP contribution in [-0.2, 0) is 12.8 Å². The van der Waals surface area contributed by atoms with Gasteiger partial charge in [0.05, 0.1) is 0 Å². The second-order valence-electron chi connectivity index (χ2n) is 8.47. The van der Waals surface area contributed by atoms with E-state index in [0.717, 1.165) is 62.3 Å². The molecule has 0 unspecified atom stereocenters. The van der Waals surface area contributed by atoms with E-state index in [4.69, 9.17) is 0 Å². The number of benzene rings is 2. The van der Waals surface area contributed by atoms with E-state index in [9.17, 15) is 4.79 Å². The van der Waals surface area contributed by atoms with Crippen LogP contribution >= 0.6 is 0 Å². The van der Waals surface area contributed by atoms with Crippen molar-refractivity contribution in [3.63, 3.8) is 0 Å². The topological polar surface area (TPSA) is 51.4 Å². The van der Waals surface area contributed by atoms with Crippen molar-refractivity contribution in [2.24, 2.45) is 0 Å². The number of carbonyl (C=O) groups excluding carboxylic acids is 1. The van der Waals surface area contributed by atoms with Crippen molar-refractivity contribution >= 4 is 28.2 Å². The van der Waals surface area contributed by atoms with Gasteiger partial charge in [-0.2, -0.15) is 0 Å². The van der Waals surface area contributed by atoms with E-state index >= 15 is 0 Å². The number of aromatic amines is 1. The number of nitrogens with one attached hydrogen (secondary N) is 2. The summed E-state index contributed by atoms with van der Waals surface area (Å²) in [7, 11) is 0. The van der Waals surface area contributed by atoms with Gasteiger partial charge in [-0.3, -0.25) is 4.79 Å². The maximum Gasteiger partial charge on any atom is 0.255 e. The zero-order valence-electron chi connectivity index (χ0n) is 17.7. The molecule has 1 amide bonds. The monoisotopic (exact) mass is 402 g/mol. The Labute approximate surface area is 178 Å². The van der Waals surface area contributed by atoms with Gasteiger partial charge in [0.2, 0.25) is 0 Å². The van der Waals surface area contributed by atoms with Gasteiger partial charge < -0.3 is 20.1 Å². The van der Waals surface area contributed by atoms with Gasteiger partial charge in [0.1, 0.15) is 0 Å². The minimum Gasteiger partial charge on any atom is -0.369 e. The van der Waals surface area contributed by atoms with Crippen LogP contribution in [0.4, 0.5) is 11.4 Å². The molecule has 2 heterocycles. The molecule has 2 aliphatic rings. The average molecular weight is 403 g/mol. The largest absolute Gasteiger partial charge is 0.369 e. The van der Waals surface area contributed by atoms with Crippen molar-refractivity contribution in [1.82, 2.24) is 9.88 Å². The van der Waals surface area contributed by atoms with Crippen molar-refractivity contribution in [3.8, 4) is 0 Å². The van der Waals surface area contributed by atoms with Gasteiger partial charge in [-0.25, -0.2) is 0 Å². The average Bonchev–Trinajstić information content (AvgIpc) is 3.17. The maximum atomic E-state index is 12.9. The highest BCUT2D eigenvalue weighted by Gasteiger charge is 2.18. The smallest absolute Gasteiger partial charge is 0.255 e. The molecule has 5 nitrogen and oxygen atoms in total. The Hall–Kier alpha value is -2.79. The number of piperazine rings is 1. The normalized spacial score (nSPS) is 17.2. The molecule has 156 valence electrons. The molecule has 0 spiro atoms.